The van der Waals surface area contributed by atoms with Crippen molar-refractivity contribution in [2.75, 3.05) is 11.9 Å². The standard InChI is InChI=1S/C22H24FN5O3/c1-11-6-17(29)13-8-18(30)14(9-19(13)31-11)22-24-10-20(26-27-22)28(2)16-7-12-4-3-5-15(25-12)21(16)23/h6,8-10,12,15-16,21,25,30H,3-5,7H2,1-2H3/t12?,15?,16-,21+/m0/s1. The van der Waals surface area contributed by atoms with Crippen LogP contribution in [0.1, 0.15) is 31.4 Å². The molecule has 0 radical (unpaired) electrons. The molecule has 2 saturated heterocycles. The van der Waals surface area contributed by atoms with Crippen molar-refractivity contribution in [2.24, 2.45) is 0 Å². The third-order valence-corrected chi connectivity index (χ3v) is 6.41. The number of aromatic nitrogens is 3. The zero-order valence-electron chi connectivity index (χ0n) is 17.4. The smallest absolute Gasteiger partial charge is 0.193 e. The molecule has 2 fully saturated rings. The van der Waals surface area contributed by atoms with E-state index >= 15 is 4.39 Å². The first-order chi connectivity index (χ1) is 14.9. The number of hydrogen-bond acceptors (Lipinski definition) is 8. The minimum atomic E-state index is -0.987. The van der Waals surface area contributed by atoms with Crippen molar-refractivity contribution in [3.63, 3.8) is 0 Å². The minimum absolute atomic E-state index is 0.118. The molecule has 3 aromatic rings. The SMILES string of the molecule is Cc1cc(=O)c2cc(O)c(-c3ncc(N(C)[C@H]4CC5CCCC(N5)[C@H]4F)nn3)cc2o1. The lowest BCUT2D eigenvalue weighted by atomic mass is 9.82. The molecule has 0 spiro atoms. The number of alkyl halides is 1. The second kappa shape index (κ2) is 7.56. The van der Waals surface area contributed by atoms with Crippen molar-refractivity contribution in [3.05, 3.63) is 40.4 Å². The number of rotatable bonds is 3. The van der Waals surface area contributed by atoms with E-state index in [0.717, 1.165) is 19.3 Å². The molecule has 9 heteroatoms. The van der Waals surface area contributed by atoms with Crippen LogP contribution in [0, 0.1) is 6.92 Å². The molecule has 8 nitrogen and oxygen atoms in total. The van der Waals surface area contributed by atoms with E-state index in [1.54, 1.807) is 6.92 Å². The van der Waals surface area contributed by atoms with Gasteiger partial charge in [-0.1, -0.05) is 6.42 Å². The number of aryl methyl sites for hydroxylation is 1. The van der Waals surface area contributed by atoms with Gasteiger partial charge < -0.3 is 19.7 Å². The van der Waals surface area contributed by atoms with Crippen LogP contribution in [0.2, 0.25) is 0 Å². The van der Waals surface area contributed by atoms with Crippen LogP contribution in [-0.2, 0) is 0 Å². The fraction of sp³-hybridized carbons (Fsp3) is 0.455. The maximum Gasteiger partial charge on any atom is 0.193 e. The Balaban J connectivity index is 1.44. The van der Waals surface area contributed by atoms with E-state index in [0.29, 0.717) is 35.2 Å². The van der Waals surface area contributed by atoms with Gasteiger partial charge in [-0.15, -0.1) is 10.2 Å². The van der Waals surface area contributed by atoms with Gasteiger partial charge in [0.05, 0.1) is 23.2 Å². The normalized spacial score (nSPS) is 25.5. The van der Waals surface area contributed by atoms with Crippen molar-refractivity contribution in [2.45, 2.75) is 56.9 Å². The van der Waals surface area contributed by atoms with Crippen LogP contribution in [0.4, 0.5) is 10.2 Å². The molecule has 2 N–H and O–H groups in total. The van der Waals surface area contributed by atoms with Gasteiger partial charge in [-0.3, -0.25) is 4.79 Å². The molecule has 2 aliphatic rings. The highest BCUT2D eigenvalue weighted by Crippen LogP contribution is 2.33. The predicted octanol–water partition coefficient (Wildman–Crippen LogP) is 2.72. The highest BCUT2D eigenvalue weighted by atomic mass is 19.1. The van der Waals surface area contributed by atoms with E-state index < -0.39 is 6.17 Å². The first-order valence-electron chi connectivity index (χ1n) is 10.5. The monoisotopic (exact) mass is 425 g/mol. The van der Waals surface area contributed by atoms with Gasteiger partial charge in [-0.2, -0.15) is 0 Å². The number of hydrogen-bond donors (Lipinski definition) is 2. The van der Waals surface area contributed by atoms with Gasteiger partial charge in [-0.25, -0.2) is 9.37 Å². The Morgan fingerprint density at radius 1 is 1.26 bits per heavy atom. The molecule has 2 aromatic heterocycles. The zero-order chi connectivity index (χ0) is 21.7. The number of benzene rings is 1. The van der Waals surface area contributed by atoms with Crippen LogP contribution in [0.3, 0.4) is 0 Å². The first kappa shape index (κ1) is 19.9. The van der Waals surface area contributed by atoms with E-state index in [9.17, 15) is 9.90 Å². The highest BCUT2D eigenvalue weighted by molar-refractivity contribution is 5.85. The predicted molar refractivity (Wildman–Crippen MR) is 114 cm³/mol. The van der Waals surface area contributed by atoms with Crippen molar-refractivity contribution in [3.8, 4) is 17.1 Å². The lowest BCUT2D eigenvalue weighted by Crippen LogP contribution is -2.61. The summed E-state index contributed by atoms with van der Waals surface area (Å²) in [6.07, 6.45) is 4.22. The second-order valence-electron chi connectivity index (χ2n) is 8.49. The number of halogens is 1. The van der Waals surface area contributed by atoms with Crippen molar-refractivity contribution >= 4 is 16.8 Å². The summed E-state index contributed by atoms with van der Waals surface area (Å²) >= 11 is 0. The second-order valence-corrected chi connectivity index (χ2v) is 8.49. The molecule has 0 saturated carbocycles. The molecule has 0 amide bonds. The van der Waals surface area contributed by atoms with Gasteiger partial charge in [-0.05, 0) is 38.3 Å². The number of anilines is 1. The summed E-state index contributed by atoms with van der Waals surface area (Å²) in [5.74, 6) is 0.998. The van der Waals surface area contributed by atoms with Crippen LogP contribution in [0.25, 0.3) is 22.4 Å². The Morgan fingerprint density at radius 2 is 2.10 bits per heavy atom. The Hall–Kier alpha value is -3.07. The maximum absolute atomic E-state index is 15.0. The molecule has 2 aliphatic heterocycles. The summed E-state index contributed by atoms with van der Waals surface area (Å²) in [7, 11) is 1.81. The van der Waals surface area contributed by atoms with Gasteiger partial charge in [0.2, 0.25) is 0 Å². The van der Waals surface area contributed by atoms with Crippen LogP contribution in [-0.4, -0.2) is 51.6 Å². The molecule has 0 aliphatic carbocycles. The van der Waals surface area contributed by atoms with Gasteiger partial charge in [0.15, 0.2) is 17.1 Å². The number of phenols is 1. The van der Waals surface area contributed by atoms with Crippen LogP contribution in [0.5, 0.6) is 5.75 Å². The van der Waals surface area contributed by atoms with Gasteiger partial charge in [0.1, 0.15) is 23.3 Å². The quantitative estimate of drug-likeness (QED) is 0.660. The number of nitrogens with one attached hydrogen (secondary N) is 1. The fourth-order valence-corrected chi connectivity index (χ4v) is 4.77. The Bertz CT molecular complexity index is 1180. The number of aromatic hydroxyl groups is 1. The van der Waals surface area contributed by atoms with Crippen LogP contribution < -0.4 is 15.6 Å². The molecular formula is C22H24FN5O3. The fourth-order valence-electron chi connectivity index (χ4n) is 4.77. The summed E-state index contributed by atoms with van der Waals surface area (Å²) < 4.78 is 20.6. The van der Waals surface area contributed by atoms with E-state index in [4.69, 9.17) is 4.42 Å². The van der Waals surface area contributed by atoms with Crippen molar-refractivity contribution in [1.82, 2.24) is 20.5 Å². The van der Waals surface area contributed by atoms with E-state index in [1.807, 2.05) is 11.9 Å². The zero-order valence-corrected chi connectivity index (χ0v) is 17.4. The molecule has 1 aromatic carbocycles. The van der Waals surface area contributed by atoms with Gasteiger partial charge in [0, 0.05) is 25.2 Å². The molecule has 2 unspecified atom stereocenters. The van der Waals surface area contributed by atoms with Crippen LogP contribution in [0.15, 0.2) is 33.6 Å². The Morgan fingerprint density at radius 3 is 2.87 bits per heavy atom. The topological polar surface area (TPSA) is 104 Å². The molecule has 5 rings (SSSR count). The molecule has 2 bridgehead atoms. The Kier molecular flexibility index (Phi) is 4.85. The summed E-state index contributed by atoms with van der Waals surface area (Å²) in [6.45, 7) is 1.68. The van der Waals surface area contributed by atoms with Gasteiger partial charge in [0.25, 0.3) is 0 Å². The number of piperidine rings is 2. The molecular weight excluding hydrogens is 401 g/mol. The third-order valence-electron chi connectivity index (χ3n) is 6.41. The first-order valence-corrected chi connectivity index (χ1v) is 10.5. The molecule has 4 heterocycles. The number of nitrogens with zero attached hydrogens (tertiary/aromatic N) is 4. The van der Waals surface area contributed by atoms with Crippen molar-refractivity contribution in [1.29, 1.82) is 0 Å². The van der Waals surface area contributed by atoms with E-state index in [-0.39, 0.29) is 34.5 Å². The summed E-state index contributed by atoms with van der Waals surface area (Å²) in [4.78, 5) is 18.3. The average Bonchev–Trinajstić information content (AvgIpc) is 2.76. The summed E-state index contributed by atoms with van der Waals surface area (Å²) in [5, 5.41) is 22.5. The Labute approximate surface area is 178 Å². The minimum Gasteiger partial charge on any atom is -0.507 e. The van der Waals surface area contributed by atoms with Crippen LogP contribution >= 0.6 is 0 Å². The lowest BCUT2D eigenvalue weighted by molar-refractivity contribution is 0.107. The van der Waals surface area contributed by atoms with E-state index in [2.05, 4.69) is 20.5 Å². The molecule has 4 atom stereocenters. The third kappa shape index (κ3) is 3.52. The van der Waals surface area contributed by atoms with Crippen molar-refractivity contribution < 1.29 is 13.9 Å². The largest absolute Gasteiger partial charge is 0.507 e. The molecule has 162 valence electrons. The highest BCUT2D eigenvalue weighted by Gasteiger charge is 2.42. The van der Waals surface area contributed by atoms with Gasteiger partial charge >= 0.3 is 0 Å². The van der Waals surface area contributed by atoms with E-state index in [1.165, 1.54) is 24.4 Å². The maximum atomic E-state index is 15.0. The lowest BCUT2D eigenvalue weighted by Gasteiger charge is -2.45. The summed E-state index contributed by atoms with van der Waals surface area (Å²) in [5.41, 5.74) is 0.413. The molecule has 31 heavy (non-hydrogen) atoms. The average molecular weight is 425 g/mol. The summed E-state index contributed by atoms with van der Waals surface area (Å²) in [6, 6.07) is 4.17. The number of fused-ring (bicyclic) bond motifs is 3. The number of phenolic OH excluding ortho intramolecular Hbond substituents is 1.